The first-order valence-corrected chi connectivity index (χ1v) is 6.54. The molecule has 2 rings (SSSR count). The van der Waals surface area contributed by atoms with Crippen molar-refractivity contribution in [1.29, 1.82) is 0 Å². The number of nitrogens with one attached hydrogen (secondary N) is 2. The van der Waals surface area contributed by atoms with E-state index in [1.807, 2.05) is 30.3 Å². The SMILES string of the molecule is S=c1[nH]nc(NCCCOc2ccccc2)s1. The van der Waals surface area contributed by atoms with Crippen LogP contribution in [0.1, 0.15) is 6.42 Å². The summed E-state index contributed by atoms with van der Waals surface area (Å²) >= 11 is 6.37. The van der Waals surface area contributed by atoms with E-state index in [0.717, 1.165) is 23.8 Å². The Balaban J connectivity index is 1.62. The van der Waals surface area contributed by atoms with Crippen LogP contribution in [0.4, 0.5) is 5.13 Å². The van der Waals surface area contributed by atoms with Crippen molar-refractivity contribution in [2.75, 3.05) is 18.5 Å². The molecule has 0 unspecified atom stereocenters. The molecule has 6 heteroatoms. The Morgan fingerprint density at radius 3 is 2.88 bits per heavy atom. The van der Waals surface area contributed by atoms with E-state index >= 15 is 0 Å². The van der Waals surface area contributed by atoms with Gasteiger partial charge >= 0.3 is 0 Å². The number of hydrogen-bond acceptors (Lipinski definition) is 5. The van der Waals surface area contributed by atoms with E-state index in [1.54, 1.807) is 0 Å². The molecule has 2 aromatic rings. The van der Waals surface area contributed by atoms with Crippen LogP contribution in [0.3, 0.4) is 0 Å². The predicted octanol–water partition coefficient (Wildman–Crippen LogP) is 3.08. The number of para-hydroxylation sites is 1. The van der Waals surface area contributed by atoms with Crippen LogP contribution in [0.25, 0.3) is 0 Å². The van der Waals surface area contributed by atoms with Gasteiger partial charge in [0.25, 0.3) is 0 Å². The summed E-state index contributed by atoms with van der Waals surface area (Å²) in [4.78, 5) is 0. The molecule has 0 aliphatic heterocycles. The first-order valence-electron chi connectivity index (χ1n) is 5.32. The van der Waals surface area contributed by atoms with E-state index in [4.69, 9.17) is 17.0 Å². The van der Waals surface area contributed by atoms with Gasteiger partial charge in [0, 0.05) is 6.54 Å². The molecule has 0 radical (unpaired) electrons. The molecule has 0 amide bonds. The molecule has 0 aliphatic carbocycles. The molecule has 0 atom stereocenters. The Hall–Kier alpha value is -1.40. The summed E-state index contributed by atoms with van der Waals surface area (Å²) in [6.45, 7) is 1.51. The zero-order valence-corrected chi connectivity index (χ0v) is 10.8. The molecule has 17 heavy (non-hydrogen) atoms. The number of H-pyrrole nitrogens is 1. The van der Waals surface area contributed by atoms with Crippen LogP contribution in [0.5, 0.6) is 5.75 Å². The van der Waals surface area contributed by atoms with Gasteiger partial charge in [0.2, 0.25) is 5.13 Å². The van der Waals surface area contributed by atoms with Crippen molar-refractivity contribution in [2.45, 2.75) is 6.42 Å². The second kappa shape index (κ2) is 6.36. The van der Waals surface area contributed by atoms with Crippen LogP contribution in [-0.4, -0.2) is 23.3 Å². The van der Waals surface area contributed by atoms with Gasteiger partial charge < -0.3 is 10.1 Å². The quantitative estimate of drug-likeness (QED) is 0.624. The lowest BCUT2D eigenvalue weighted by Crippen LogP contribution is -2.07. The second-order valence-corrected chi connectivity index (χ2v) is 5.03. The highest BCUT2D eigenvalue weighted by molar-refractivity contribution is 7.73. The predicted molar refractivity (Wildman–Crippen MR) is 72.3 cm³/mol. The summed E-state index contributed by atoms with van der Waals surface area (Å²) in [7, 11) is 0. The molecule has 1 aromatic carbocycles. The average molecular weight is 267 g/mol. The second-order valence-electron chi connectivity index (χ2n) is 3.36. The van der Waals surface area contributed by atoms with Gasteiger partial charge in [-0.05, 0) is 30.8 Å². The summed E-state index contributed by atoms with van der Waals surface area (Å²) < 4.78 is 6.25. The minimum absolute atomic E-state index is 0.687. The molecule has 90 valence electrons. The number of hydrogen-bond donors (Lipinski definition) is 2. The summed E-state index contributed by atoms with van der Waals surface area (Å²) in [5.74, 6) is 0.905. The first kappa shape index (κ1) is 12.1. The lowest BCUT2D eigenvalue weighted by Gasteiger charge is -2.05. The molecular weight excluding hydrogens is 254 g/mol. The van der Waals surface area contributed by atoms with Crippen molar-refractivity contribution in [3.8, 4) is 5.75 Å². The minimum atomic E-state index is 0.687. The van der Waals surface area contributed by atoms with Crippen molar-refractivity contribution < 1.29 is 4.74 Å². The highest BCUT2D eigenvalue weighted by Crippen LogP contribution is 2.11. The van der Waals surface area contributed by atoms with Crippen LogP contribution < -0.4 is 10.1 Å². The number of anilines is 1. The van der Waals surface area contributed by atoms with Crippen LogP contribution in [0.15, 0.2) is 30.3 Å². The van der Waals surface area contributed by atoms with Gasteiger partial charge in [-0.25, -0.2) is 0 Å². The summed E-state index contributed by atoms with van der Waals surface area (Å²) in [6.07, 6.45) is 0.918. The largest absolute Gasteiger partial charge is 0.494 e. The van der Waals surface area contributed by atoms with Gasteiger partial charge in [-0.3, -0.25) is 5.10 Å². The van der Waals surface area contributed by atoms with Gasteiger partial charge in [0.1, 0.15) is 5.75 Å². The minimum Gasteiger partial charge on any atom is -0.494 e. The number of aromatic amines is 1. The molecule has 0 saturated heterocycles. The molecule has 1 aromatic heterocycles. The maximum absolute atomic E-state index is 5.56. The molecule has 0 aliphatic rings. The molecule has 0 saturated carbocycles. The maximum Gasteiger partial charge on any atom is 0.204 e. The molecule has 1 heterocycles. The van der Waals surface area contributed by atoms with Gasteiger partial charge in [-0.1, -0.05) is 29.5 Å². The molecule has 0 fully saturated rings. The van der Waals surface area contributed by atoms with Crippen LogP contribution in [0, 0.1) is 3.95 Å². The third-order valence-corrected chi connectivity index (χ3v) is 3.09. The van der Waals surface area contributed by atoms with E-state index in [-0.39, 0.29) is 0 Å². The standard InChI is InChI=1S/C11H13N3OS2/c16-11-14-13-10(17-11)12-7-4-8-15-9-5-2-1-3-6-9/h1-3,5-6H,4,7-8H2,(H,12,13)(H,14,16). The Morgan fingerprint density at radius 1 is 1.35 bits per heavy atom. The number of nitrogens with zero attached hydrogens (tertiary/aromatic N) is 1. The average Bonchev–Trinajstić information content (AvgIpc) is 2.76. The summed E-state index contributed by atoms with van der Waals surface area (Å²) in [5, 5.41) is 10.7. The Morgan fingerprint density at radius 2 is 2.18 bits per heavy atom. The molecule has 2 N–H and O–H groups in total. The first-order chi connectivity index (χ1) is 8.34. The third kappa shape index (κ3) is 4.16. The molecular formula is C11H13N3OS2. The van der Waals surface area contributed by atoms with Crippen molar-refractivity contribution in [3.63, 3.8) is 0 Å². The Kier molecular flexibility index (Phi) is 4.52. The highest BCUT2D eigenvalue weighted by atomic mass is 32.1. The lowest BCUT2D eigenvalue weighted by molar-refractivity contribution is 0.315. The summed E-state index contributed by atoms with van der Waals surface area (Å²) in [5.41, 5.74) is 0. The fourth-order valence-electron chi connectivity index (χ4n) is 1.28. The van der Waals surface area contributed by atoms with Crippen molar-refractivity contribution in [1.82, 2.24) is 10.2 Å². The van der Waals surface area contributed by atoms with Crippen LogP contribution >= 0.6 is 23.6 Å². The normalized spacial score (nSPS) is 10.1. The van der Waals surface area contributed by atoms with Crippen molar-refractivity contribution >= 4 is 28.7 Å². The van der Waals surface area contributed by atoms with E-state index in [9.17, 15) is 0 Å². The number of ether oxygens (including phenoxy) is 1. The molecule has 0 spiro atoms. The van der Waals surface area contributed by atoms with Gasteiger partial charge in [-0.15, -0.1) is 5.10 Å². The van der Waals surface area contributed by atoms with Gasteiger partial charge in [0.05, 0.1) is 6.61 Å². The number of rotatable bonds is 6. The Labute approximate surface area is 109 Å². The Bertz CT molecular complexity index is 495. The summed E-state index contributed by atoms with van der Waals surface area (Å²) in [6, 6.07) is 9.80. The fourth-order valence-corrected chi connectivity index (χ4v) is 2.09. The topological polar surface area (TPSA) is 49.9 Å². The monoisotopic (exact) mass is 267 g/mol. The fraction of sp³-hybridized carbons (Fsp3) is 0.273. The lowest BCUT2D eigenvalue weighted by atomic mass is 10.3. The van der Waals surface area contributed by atoms with E-state index < -0.39 is 0 Å². The van der Waals surface area contributed by atoms with Gasteiger partial charge in [0.15, 0.2) is 3.95 Å². The van der Waals surface area contributed by atoms with Crippen molar-refractivity contribution in [2.24, 2.45) is 0 Å². The van der Waals surface area contributed by atoms with Gasteiger partial charge in [-0.2, -0.15) is 0 Å². The third-order valence-electron chi connectivity index (χ3n) is 2.05. The number of benzene rings is 1. The van der Waals surface area contributed by atoms with E-state index in [0.29, 0.717) is 10.6 Å². The zero-order chi connectivity index (χ0) is 11.9. The van der Waals surface area contributed by atoms with E-state index in [2.05, 4.69) is 15.5 Å². The van der Waals surface area contributed by atoms with Crippen LogP contribution in [-0.2, 0) is 0 Å². The molecule has 4 nitrogen and oxygen atoms in total. The number of aromatic nitrogens is 2. The van der Waals surface area contributed by atoms with Crippen molar-refractivity contribution in [3.05, 3.63) is 34.3 Å². The van der Waals surface area contributed by atoms with Crippen LogP contribution in [0.2, 0.25) is 0 Å². The molecule has 0 bridgehead atoms. The smallest absolute Gasteiger partial charge is 0.204 e. The zero-order valence-electron chi connectivity index (χ0n) is 9.18. The maximum atomic E-state index is 5.56. The highest BCUT2D eigenvalue weighted by Gasteiger charge is 1.96. The van der Waals surface area contributed by atoms with E-state index in [1.165, 1.54) is 11.3 Å².